The molecule has 0 radical (unpaired) electrons. The van der Waals surface area contributed by atoms with Crippen molar-refractivity contribution in [1.82, 2.24) is 0 Å². The van der Waals surface area contributed by atoms with E-state index in [1.807, 2.05) is 13.0 Å². The summed E-state index contributed by atoms with van der Waals surface area (Å²) < 4.78 is 38.3. The number of rotatable bonds is 1. The molecular weight excluding hydrogens is 241 g/mol. The summed E-state index contributed by atoms with van der Waals surface area (Å²) in [5.74, 6) is -1.23. The van der Waals surface area contributed by atoms with Gasteiger partial charge in [0, 0.05) is 24.5 Å². The molecule has 5 heteroatoms. The number of nitrogens with two attached hydrogens (primary N) is 1. The minimum Gasteiger partial charge on any atom is -0.398 e. The average molecular weight is 258 g/mol. The smallest absolute Gasteiger partial charge is 0.393 e. The van der Waals surface area contributed by atoms with E-state index in [9.17, 15) is 13.2 Å². The molecule has 2 N–H and O–H groups in total. The Kier molecular flexibility index (Phi) is 3.41. The molecule has 2 rings (SSSR count). The van der Waals surface area contributed by atoms with Gasteiger partial charge in [0.25, 0.3) is 0 Å². The van der Waals surface area contributed by atoms with Gasteiger partial charge in [-0.1, -0.05) is 6.07 Å². The van der Waals surface area contributed by atoms with Gasteiger partial charge in [0.1, 0.15) is 0 Å². The highest BCUT2D eigenvalue weighted by Gasteiger charge is 2.41. The highest BCUT2D eigenvalue weighted by molar-refractivity contribution is 5.64. The second-order valence-corrected chi connectivity index (χ2v) is 4.82. The molecule has 0 spiro atoms. The molecule has 1 fully saturated rings. The number of nitrogen functional groups attached to an aromatic ring is 1. The number of hydrogen-bond acceptors (Lipinski definition) is 2. The predicted octanol–water partition coefficient (Wildman–Crippen LogP) is 3.36. The lowest BCUT2D eigenvalue weighted by Crippen LogP contribution is -2.42. The fourth-order valence-corrected chi connectivity index (χ4v) is 2.45. The minimum absolute atomic E-state index is 0.0355. The molecule has 2 nitrogen and oxygen atoms in total. The molecule has 0 saturated carbocycles. The first kappa shape index (κ1) is 13.1. The van der Waals surface area contributed by atoms with Crippen LogP contribution in [0.2, 0.25) is 0 Å². The second kappa shape index (κ2) is 4.71. The first-order valence-electron chi connectivity index (χ1n) is 6.06. The summed E-state index contributed by atoms with van der Waals surface area (Å²) in [7, 11) is 0. The maximum absolute atomic E-state index is 12.8. The number of halogens is 3. The summed E-state index contributed by atoms with van der Waals surface area (Å²) in [6, 6.07) is 5.39. The molecular formula is C13H17F3N2. The van der Waals surface area contributed by atoms with Crippen molar-refractivity contribution < 1.29 is 13.2 Å². The topological polar surface area (TPSA) is 29.3 Å². The maximum atomic E-state index is 12.8. The molecule has 1 unspecified atom stereocenters. The number of piperidine rings is 1. The van der Waals surface area contributed by atoms with Gasteiger partial charge < -0.3 is 10.6 Å². The van der Waals surface area contributed by atoms with Crippen molar-refractivity contribution in [3.63, 3.8) is 0 Å². The predicted molar refractivity (Wildman–Crippen MR) is 66.6 cm³/mol. The molecule has 1 atom stereocenters. The van der Waals surface area contributed by atoms with E-state index in [0.29, 0.717) is 18.7 Å². The van der Waals surface area contributed by atoms with E-state index in [0.717, 1.165) is 11.3 Å². The number of hydrogen-bond donors (Lipinski definition) is 1. The Hall–Kier alpha value is -1.39. The van der Waals surface area contributed by atoms with Crippen molar-refractivity contribution in [2.24, 2.45) is 5.92 Å². The third kappa shape index (κ3) is 2.54. The average Bonchev–Trinajstić information content (AvgIpc) is 2.32. The van der Waals surface area contributed by atoms with Gasteiger partial charge in [-0.3, -0.25) is 0 Å². The zero-order valence-corrected chi connectivity index (χ0v) is 10.3. The van der Waals surface area contributed by atoms with E-state index < -0.39 is 12.1 Å². The molecule has 0 bridgehead atoms. The Morgan fingerprint density at radius 3 is 2.72 bits per heavy atom. The Morgan fingerprint density at radius 1 is 1.33 bits per heavy atom. The third-order valence-electron chi connectivity index (χ3n) is 3.57. The highest BCUT2D eigenvalue weighted by atomic mass is 19.4. The van der Waals surface area contributed by atoms with Gasteiger partial charge in [-0.15, -0.1) is 0 Å². The molecule has 0 aromatic heterocycles. The zero-order chi connectivity index (χ0) is 13.3. The number of anilines is 2. The fourth-order valence-electron chi connectivity index (χ4n) is 2.45. The molecule has 0 amide bonds. The van der Waals surface area contributed by atoms with Gasteiger partial charge in [-0.05, 0) is 37.5 Å². The van der Waals surface area contributed by atoms with Gasteiger partial charge in [0.2, 0.25) is 0 Å². The van der Waals surface area contributed by atoms with Crippen molar-refractivity contribution in [3.8, 4) is 0 Å². The molecule has 1 aromatic rings. The lowest BCUT2D eigenvalue weighted by Gasteiger charge is -2.36. The summed E-state index contributed by atoms with van der Waals surface area (Å²) >= 11 is 0. The van der Waals surface area contributed by atoms with Crippen LogP contribution < -0.4 is 10.6 Å². The van der Waals surface area contributed by atoms with E-state index in [2.05, 4.69) is 0 Å². The Bertz CT molecular complexity index is 429. The molecule has 1 aliphatic rings. The third-order valence-corrected chi connectivity index (χ3v) is 3.57. The lowest BCUT2D eigenvalue weighted by molar-refractivity contribution is -0.175. The van der Waals surface area contributed by atoms with E-state index >= 15 is 0 Å². The molecule has 0 aliphatic carbocycles. The summed E-state index contributed by atoms with van der Waals surface area (Å²) in [5, 5.41) is 0. The number of nitrogens with zero attached hydrogens (tertiary/aromatic N) is 1. The van der Waals surface area contributed by atoms with Crippen LogP contribution in [0.25, 0.3) is 0 Å². The maximum Gasteiger partial charge on any atom is 0.393 e. The zero-order valence-electron chi connectivity index (χ0n) is 10.3. The summed E-state index contributed by atoms with van der Waals surface area (Å²) in [5.41, 5.74) is 8.11. The quantitative estimate of drug-likeness (QED) is 0.783. The van der Waals surface area contributed by atoms with Gasteiger partial charge in [0.05, 0.1) is 5.92 Å². The fraction of sp³-hybridized carbons (Fsp3) is 0.538. The van der Waals surface area contributed by atoms with Crippen molar-refractivity contribution in [2.45, 2.75) is 25.9 Å². The Morgan fingerprint density at radius 2 is 2.06 bits per heavy atom. The molecule has 100 valence electrons. The van der Waals surface area contributed by atoms with Crippen LogP contribution in [0.15, 0.2) is 18.2 Å². The van der Waals surface area contributed by atoms with Gasteiger partial charge in [-0.2, -0.15) is 13.2 Å². The summed E-state index contributed by atoms with van der Waals surface area (Å²) in [6.07, 6.45) is -3.31. The normalized spacial score (nSPS) is 21.1. The highest BCUT2D eigenvalue weighted by Crippen LogP contribution is 2.36. The van der Waals surface area contributed by atoms with Gasteiger partial charge in [0.15, 0.2) is 0 Å². The Balaban J connectivity index is 2.21. The summed E-state index contributed by atoms with van der Waals surface area (Å²) in [4.78, 5) is 1.80. The number of alkyl halides is 3. The van der Waals surface area contributed by atoms with Crippen LogP contribution in [0, 0.1) is 12.8 Å². The van der Waals surface area contributed by atoms with Crippen molar-refractivity contribution in [3.05, 3.63) is 23.8 Å². The monoisotopic (exact) mass is 258 g/mol. The molecule has 1 aromatic carbocycles. The van der Waals surface area contributed by atoms with Crippen LogP contribution in [0.5, 0.6) is 0 Å². The van der Waals surface area contributed by atoms with Gasteiger partial charge in [-0.25, -0.2) is 0 Å². The van der Waals surface area contributed by atoms with Crippen LogP contribution in [-0.4, -0.2) is 19.3 Å². The number of benzene rings is 1. The molecule has 1 heterocycles. The van der Waals surface area contributed by atoms with Crippen LogP contribution in [-0.2, 0) is 0 Å². The van der Waals surface area contributed by atoms with Crippen LogP contribution in [0.1, 0.15) is 18.4 Å². The minimum atomic E-state index is -4.10. The largest absolute Gasteiger partial charge is 0.398 e. The molecule has 18 heavy (non-hydrogen) atoms. The first-order valence-corrected chi connectivity index (χ1v) is 6.06. The SMILES string of the molecule is Cc1c(N)cccc1N1CCCC(C(F)(F)F)C1. The van der Waals surface area contributed by atoms with E-state index in [1.165, 1.54) is 0 Å². The van der Waals surface area contributed by atoms with E-state index in [4.69, 9.17) is 5.73 Å². The van der Waals surface area contributed by atoms with Crippen LogP contribution in [0.3, 0.4) is 0 Å². The summed E-state index contributed by atoms with van der Waals surface area (Å²) in [6.45, 7) is 2.55. The Labute approximate surface area is 105 Å². The van der Waals surface area contributed by atoms with Crippen molar-refractivity contribution in [1.29, 1.82) is 0 Å². The second-order valence-electron chi connectivity index (χ2n) is 4.82. The standard InChI is InChI=1S/C13H17F3N2/c1-9-11(17)5-2-6-12(9)18-7-3-4-10(8-18)13(14,15)16/h2,5-6,10H,3-4,7-8,17H2,1H3. The van der Waals surface area contributed by atoms with Crippen molar-refractivity contribution >= 4 is 11.4 Å². The van der Waals surface area contributed by atoms with Crippen LogP contribution >= 0.6 is 0 Å². The van der Waals surface area contributed by atoms with Crippen LogP contribution in [0.4, 0.5) is 24.5 Å². The molecule has 1 saturated heterocycles. The lowest BCUT2D eigenvalue weighted by atomic mass is 9.96. The van der Waals surface area contributed by atoms with Gasteiger partial charge >= 0.3 is 6.18 Å². The van der Waals surface area contributed by atoms with Crippen molar-refractivity contribution in [2.75, 3.05) is 23.7 Å². The first-order chi connectivity index (χ1) is 8.39. The van der Waals surface area contributed by atoms with E-state index in [-0.39, 0.29) is 13.0 Å². The molecule has 1 aliphatic heterocycles. The van der Waals surface area contributed by atoms with E-state index in [1.54, 1.807) is 17.0 Å².